The van der Waals surface area contributed by atoms with Gasteiger partial charge in [0.1, 0.15) is 0 Å². The number of aliphatic carboxylic acids is 1. The molecule has 2 saturated heterocycles. The van der Waals surface area contributed by atoms with Crippen LogP contribution in [0.2, 0.25) is 0 Å². The van der Waals surface area contributed by atoms with Crippen LogP contribution in [-0.2, 0) is 14.4 Å². The van der Waals surface area contributed by atoms with Crippen molar-refractivity contribution in [3.63, 3.8) is 0 Å². The molecule has 3 aliphatic rings. The number of nitrogens with zero attached hydrogens (tertiary/aromatic N) is 2. The lowest BCUT2D eigenvalue weighted by Gasteiger charge is -2.25. The first-order chi connectivity index (χ1) is 10.1. The molecule has 0 aromatic rings. The fraction of sp³-hybridized carbons (Fsp3) is 0.800. The summed E-state index contributed by atoms with van der Waals surface area (Å²) in [5.74, 6) is -1.50. The highest BCUT2D eigenvalue weighted by molar-refractivity contribution is 5.90. The minimum Gasteiger partial charge on any atom is -0.481 e. The van der Waals surface area contributed by atoms with Gasteiger partial charge in [-0.1, -0.05) is 12.8 Å². The maximum Gasteiger partial charge on any atom is 0.308 e. The predicted molar refractivity (Wildman–Crippen MR) is 81.6 cm³/mol. The summed E-state index contributed by atoms with van der Waals surface area (Å²) in [5.41, 5.74) is 0. The van der Waals surface area contributed by atoms with Crippen LogP contribution in [0.15, 0.2) is 0 Å². The molecule has 0 aromatic carbocycles. The number of carbonyl (C=O) groups excluding carboxylic acids is 2. The molecule has 1 saturated carbocycles. The van der Waals surface area contributed by atoms with Crippen LogP contribution in [0.1, 0.15) is 38.5 Å². The van der Waals surface area contributed by atoms with E-state index in [1.54, 1.807) is 4.90 Å². The van der Waals surface area contributed by atoms with Gasteiger partial charge in [-0.2, -0.15) is 0 Å². The van der Waals surface area contributed by atoms with E-state index < -0.39 is 11.9 Å². The number of hydrogen-bond acceptors (Lipinski definition) is 3. The normalized spacial score (nSPS) is 29.0. The van der Waals surface area contributed by atoms with Crippen molar-refractivity contribution in [2.75, 3.05) is 19.6 Å². The van der Waals surface area contributed by atoms with Crippen molar-refractivity contribution in [1.29, 1.82) is 0 Å². The van der Waals surface area contributed by atoms with Gasteiger partial charge < -0.3 is 14.9 Å². The van der Waals surface area contributed by atoms with Crippen LogP contribution in [0, 0.1) is 11.8 Å². The Morgan fingerprint density at radius 1 is 1.05 bits per heavy atom. The zero-order valence-corrected chi connectivity index (χ0v) is 13.4. The third-order valence-corrected chi connectivity index (χ3v) is 5.12. The number of halogens is 1. The van der Waals surface area contributed by atoms with E-state index in [9.17, 15) is 14.4 Å². The van der Waals surface area contributed by atoms with E-state index in [0.717, 1.165) is 12.8 Å². The number of rotatable bonds is 3. The van der Waals surface area contributed by atoms with Crippen LogP contribution < -0.4 is 0 Å². The molecule has 0 bridgehead atoms. The van der Waals surface area contributed by atoms with Crippen molar-refractivity contribution in [3.05, 3.63) is 0 Å². The summed E-state index contributed by atoms with van der Waals surface area (Å²) in [6.07, 6.45) is 5.26. The molecule has 124 valence electrons. The third-order valence-electron chi connectivity index (χ3n) is 5.12. The van der Waals surface area contributed by atoms with Gasteiger partial charge in [-0.05, 0) is 19.3 Å². The summed E-state index contributed by atoms with van der Waals surface area (Å²) in [4.78, 5) is 39.1. The first-order valence-corrected chi connectivity index (χ1v) is 7.87. The lowest BCUT2D eigenvalue weighted by molar-refractivity contribution is -0.141. The quantitative estimate of drug-likeness (QED) is 0.841. The largest absolute Gasteiger partial charge is 0.481 e. The van der Waals surface area contributed by atoms with Crippen molar-refractivity contribution < 1.29 is 19.5 Å². The molecule has 2 heterocycles. The van der Waals surface area contributed by atoms with E-state index >= 15 is 0 Å². The van der Waals surface area contributed by atoms with E-state index in [4.69, 9.17) is 5.11 Å². The van der Waals surface area contributed by atoms with Crippen molar-refractivity contribution in [3.8, 4) is 0 Å². The highest BCUT2D eigenvalue weighted by Gasteiger charge is 2.42. The van der Waals surface area contributed by atoms with Gasteiger partial charge in [0.25, 0.3) is 0 Å². The minimum atomic E-state index is -0.833. The van der Waals surface area contributed by atoms with Gasteiger partial charge >= 0.3 is 5.97 Å². The SMILES string of the molecule is Cl.O=C(O)C1CCN(C(=O)C2CC(=O)N(C3CCCC3)C2)C1. The number of carboxylic acids is 1. The summed E-state index contributed by atoms with van der Waals surface area (Å²) >= 11 is 0. The first kappa shape index (κ1) is 17.1. The highest BCUT2D eigenvalue weighted by atomic mass is 35.5. The third kappa shape index (κ3) is 3.21. The van der Waals surface area contributed by atoms with Crippen LogP contribution in [0.4, 0.5) is 0 Å². The minimum absolute atomic E-state index is 0. The van der Waals surface area contributed by atoms with E-state index in [0.29, 0.717) is 38.5 Å². The average molecular weight is 331 g/mol. The van der Waals surface area contributed by atoms with Crippen molar-refractivity contribution >= 4 is 30.2 Å². The van der Waals surface area contributed by atoms with E-state index in [1.807, 2.05) is 4.90 Å². The molecule has 6 nitrogen and oxygen atoms in total. The average Bonchev–Trinajstić information content (AvgIpc) is 3.18. The summed E-state index contributed by atoms with van der Waals surface area (Å²) in [5, 5.41) is 9.01. The molecule has 2 atom stereocenters. The Labute approximate surface area is 136 Å². The van der Waals surface area contributed by atoms with Crippen LogP contribution in [0.3, 0.4) is 0 Å². The highest BCUT2D eigenvalue weighted by Crippen LogP contribution is 2.31. The second-order valence-electron chi connectivity index (χ2n) is 6.49. The van der Waals surface area contributed by atoms with E-state index in [2.05, 4.69) is 0 Å². The summed E-state index contributed by atoms with van der Waals surface area (Å²) in [6, 6.07) is 0.320. The zero-order chi connectivity index (χ0) is 15.0. The smallest absolute Gasteiger partial charge is 0.308 e. The number of amides is 2. The lowest BCUT2D eigenvalue weighted by Crippen LogP contribution is -2.38. The second kappa shape index (κ2) is 6.86. The lowest BCUT2D eigenvalue weighted by atomic mass is 10.1. The molecular formula is C15H23ClN2O4. The molecule has 0 radical (unpaired) electrons. The molecule has 7 heteroatoms. The summed E-state index contributed by atoms with van der Waals surface area (Å²) in [6.45, 7) is 1.32. The van der Waals surface area contributed by atoms with E-state index in [-0.39, 0.29) is 30.1 Å². The Bertz CT molecular complexity index is 464. The Balaban J connectivity index is 0.00000176. The Morgan fingerprint density at radius 2 is 1.73 bits per heavy atom. The fourth-order valence-electron chi connectivity index (χ4n) is 3.89. The Kier molecular flexibility index (Phi) is 5.32. The topological polar surface area (TPSA) is 77.9 Å². The molecule has 1 N–H and O–H groups in total. The molecule has 3 fully saturated rings. The molecule has 0 spiro atoms. The van der Waals surface area contributed by atoms with E-state index in [1.165, 1.54) is 12.8 Å². The predicted octanol–water partition coefficient (Wildman–Crippen LogP) is 1.13. The Morgan fingerprint density at radius 3 is 2.32 bits per heavy atom. The van der Waals surface area contributed by atoms with Crippen molar-refractivity contribution in [2.24, 2.45) is 11.8 Å². The van der Waals surface area contributed by atoms with Gasteiger partial charge in [-0.15, -0.1) is 12.4 Å². The van der Waals surface area contributed by atoms with Crippen LogP contribution in [0.5, 0.6) is 0 Å². The monoisotopic (exact) mass is 330 g/mol. The molecule has 2 unspecified atom stereocenters. The number of likely N-dealkylation sites (tertiary alicyclic amines) is 2. The molecule has 0 aromatic heterocycles. The maximum atomic E-state index is 12.5. The first-order valence-electron chi connectivity index (χ1n) is 7.87. The van der Waals surface area contributed by atoms with Gasteiger partial charge in [0.2, 0.25) is 11.8 Å². The molecular weight excluding hydrogens is 308 g/mol. The summed E-state index contributed by atoms with van der Waals surface area (Å²) < 4.78 is 0. The molecule has 1 aliphatic carbocycles. The number of carbonyl (C=O) groups is 3. The fourth-order valence-corrected chi connectivity index (χ4v) is 3.89. The van der Waals surface area contributed by atoms with Gasteiger partial charge in [0, 0.05) is 32.1 Å². The van der Waals surface area contributed by atoms with Gasteiger partial charge in [-0.25, -0.2) is 0 Å². The van der Waals surface area contributed by atoms with Crippen LogP contribution in [0.25, 0.3) is 0 Å². The van der Waals surface area contributed by atoms with Gasteiger partial charge in [0.05, 0.1) is 11.8 Å². The standard InChI is InChI=1S/C15H22N2O4.ClH/c18-13-7-11(9-17(13)12-3-1-2-4-12)14(19)16-6-5-10(8-16)15(20)21;/h10-12H,1-9H2,(H,20,21);1H. The van der Waals surface area contributed by atoms with Gasteiger partial charge in [-0.3, -0.25) is 14.4 Å². The maximum absolute atomic E-state index is 12.5. The number of carboxylic acid groups (broad SMARTS) is 1. The Hall–Kier alpha value is -1.30. The molecule has 22 heavy (non-hydrogen) atoms. The molecule has 3 rings (SSSR count). The van der Waals surface area contributed by atoms with Crippen LogP contribution in [-0.4, -0.2) is 58.4 Å². The van der Waals surface area contributed by atoms with Crippen molar-refractivity contribution in [1.82, 2.24) is 9.80 Å². The number of hydrogen-bond donors (Lipinski definition) is 1. The zero-order valence-electron chi connectivity index (χ0n) is 12.6. The molecule has 2 aliphatic heterocycles. The second-order valence-corrected chi connectivity index (χ2v) is 6.49. The molecule has 2 amide bonds. The van der Waals surface area contributed by atoms with Crippen molar-refractivity contribution in [2.45, 2.75) is 44.6 Å². The van der Waals surface area contributed by atoms with Crippen LogP contribution >= 0.6 is 12.4 Å². The summed E-state index contributed by atoms with van der Waals surface area (Å²) in [7, 11) is 0. The van der Waals surface area contributed by atoms with Gasteiger partial charge in [0.15, 0.2) is 0 Å².